The Morgan fingerprint density at radius 3 is 2.52 bits per heavy atom. The number of terminal acetylenes is 1. The summed E-state index contributed by atoms with van der Waals surface area (Å²) in [6, 6.07) is 5.76. The Morgan fingerprint density at radius 1 is 1.28 bits per heavy atom. The molecule has 1 aromatic heterocycles. The van der Waals surface area contributed by atoms with Gasteiger partial charge in [-0.1, -0.05) is 12.0 Å². The number of nitrogens with zero attached hydrogens (tertiary/aromatic N) is 1. The molecule has 0 atom stereocenters. The number of carbonyl (C=O) groups excluding carboxylic acids is 1. The van der Waals surface area contributed by atoms with Gasteiger partial charge in [0, 0.05) is 6.20 Å². The zero-order valence-corrected chi connectivity index (χ0v) is 13.5. The van der Waals surface area contributed by atoms with E-state index in [1.807, 2.05) is 0 Å². The molecule has 0 saturated heterocycles. The fourth-order valence-corrected chi connectivity index (χ4v) is 2.20. The van der Waals surface area contributed by atoms with Crippen molar-refractivity contribution in [1.82, 2.24) is 4.98 Å². The third kappa shape index (κ3) is 3.91. The van der Waals surface area contributed by atoms with E-state index in [-0.39, 0.29) is 17.2 Å². The van der Waals surface area contributed by atoms with Crippen molar-refractivity contribution >= 4 is 5.91 Å². The van der Waals surface area contributed by atoms with Gasteiger partial charge in [-0.25, -0.2) is 4.98 Å². The number of hydrogen-bond acceptors (Lipinski definition) is 3. The van der Waals surface area contributed by atoms with Gasteiger partial charge >= 0.3 is 6.18 Å². The lowest BCUT2D eigenvalue weighted by molar-refractivity contribution is -0.137. The van der Waals surface area contributed by atoms with Crippen molar-refractivity contribution < 1.29 is 22.7 Å². The molecule has 0 bridgehead atoms. The quantitative estimate of drug-likeness (QED) is 0.852. The van der Waals surface area contributed by atoms with E-state index < -0.39 is 23.1 Å². The smallest absolute Gasteiger partial charge is 0.416 e. The topological polar surface area (TPSA) is 65.2 Å². The third-order valence-corrected chi connectivity index (χ3v) is 3.57. The molecule has 2 rings (SSSR count). The van der Waals surface area contributed by atoms with Crippen LogP contribution in [0.25, 0.3) is 0 Å². The van der Waals surface area contributed by atoms with Crippen LogP contribution in [-0.4, -0.2) is 10.9 Å². The van der Waals surface area contributed by atoms with Gasteiger partial charge in [0.25, 0.3) is 5.91 Å². The number of benzene rings is 1. The molecule has 2 N–H and O–H groups in total. The molecule has 0 fully saturated rings. The summed E-state index contributed by atoms with van der Waals surface area (Å²) in [4.78, 5) is 15.8. The number of aromatic nitrogens is 1. The molecule has 0 spiro atoms. The first-order valence-electron chi connectivity index (χ1n) is 7.18. The fourth-order valence-electron chi connectivity index (χ4n) is 2.20. The molecular weight excluding hydrogens is 333 g/mol. The highest BCUT2D eigenvalue weighted by atomic mass is 19.4. The van der Waals surface area contributed by atoms with Crippen LogP contribution in [-0.2, 0) is 11.6 Å². The maximum absolute atomic E-state index is 12.8. The summed E-state index contributed by atoms with van der Waals surface area (Å²) in [6.07, 6.45) is 2.32. The molecule has 0 aliphatic rings. The lowest BCUT2D eigenvalue weighted by Gasteiger charge is -2.22. The highest BCUT2D eigenvalue weighted by Gasteiger charge is 2.31. The predicted molar refractivity (Wildman–Crippen MR) is 86.1 cm³/mol. The number of amides is 1. The molecule has 0 aliphatic carbocycles. The molecule has 7 heteroatoms. The summed E-state index contributed by atoms with van der Waals surface area (Å²) in [5, 5.41) is 0. The number of rotatable bonds is 4. The van der Waals surface area contributed by atoms with E-state index in [9.17, 15) is 18.0 Å². The molecule has 4 nitrogen and oxygen atoms in total. The predicted octanol–water partition coefficient (Wildman–Crippen LogP) is 3.90. The van der Waals surface area contributed by atoms with Gasteiger partial charge in [0.05, 0.1) is 11.0 Å². The Kier molecular flexibility index (Phi) is 4.75. The van der Waals surface area contributed by atoms with Crippen LogP contribution < -0.4 is 10.5 Å². The molecular formula is C18H15F3N2O2. The van der Waals surface area contributed by atoms with Crippen LogP contribution >= 0.6 is 0 Å². The number of carbonyl (C=O) groups is 1. The first-order valence-corrected chi connectivity index (χ1v) is 7.18. The van der Waals surface area contributed by atoms with Crippen molar-refractivity contribution in [1.29, 1.82) is 0 Å². The molecule has 0 saturated carbocycles. The summed E-state index contributed by atoms with van der Waals surface area (Å²) in [5.41, 5.74) is 4.02. The molecule has 0 aliphatic heterocycles. The van der Waals surface area contributed by atoms with Gasteiger partial charge in [-0.2, -0.15) is 13.2 Å². The molecule has 2 aromatic rings. The highest BCUT2D eigenvalue weighted by molar-refractivity contribution is 5.97. The maximum atomic E-state index is 12.8. The van der Waals surface area contributed by atoms with Crippen LogP contribution in [0, 0.1) is 12.3 Å². The number of alkyl halides is 3. The van der Waals surface area contributed by atoms with Gasteiger partial charge in [-0.3, -0.25) is 4.79 Å². The number of ether oxygens (including phenoxy) is 1. The minimum Gasteiger partial charge on any atom is -0.438 e. The minimum absolute atomic E-state index is 0.0668. The Bertz CT molecular complexity index is 852. The number of hydrogen-bond donors (Lipinski definition) is 1. The van der Waals surface area contributed by atoms with Crippen LogP contribution in [0.5, 0.6) is 11.6 Å². The molecule has 25 heavy (non-hydrogen) atoms. The average molecular weight is 348 g/mol. The van der Waals surface area contributed by atoms with E-state index >= 15 is 0 Å². The SMILES string of the molecule is C#CC(C)(C)c1ccnc(Oc2cccc(C(F)(F)F)c2)c1C(N)=O. The zero-order chi connectivity index (χ0) is 18.8. The second-order valence-corrected chi connectivity index (χ2v) is 5.80. The number of pyridine rings is 1. The molecule has 1 amide bonds. The normalized spacial score (nSPS) is 11.7. The maximum Gasteiger partial charge on any atom is 0.416 e. The van der Waals surface area contributed by atoms with Gasteiger partial charge in [0.1, 0.15) is 11.3 Å². The minimum atomic E-state index is -4.52. The largest absolute Gasteiger partial charge is 0.438 e. The summed E-state index contributed by atoms with van der Waals surface area (Å²) in [6.45, 7) is 3.39. The van der Waals surface area contributed by atoms with E-state index in [1.165, 1.54) is 24.4 Å². The van der Waals surface area contributed by atoms with Gasteiger partial charge in [0.2, 0.25) is 5.88 Å². The fraction of sp³-hybridized carbons (Fsp3) is 0.222. The summed E-state index contributed by atoms with van der Waals surface area (Å²) in [5.74, 6) is 1.37. The first kappa shape index (κ1) is 18.3. The lowest BCUT2D eigenvalue weighted by atomic mass is 9.83. The Morgan fingerprint density at radius 2 is 1.96 bits per heavy atom. The molecule has 0 unspecified atom stereocenters. The number of halogens is 3. The van der Waals surface area contributed by atoms with Crippen molar-refractivity contribution in [2.75, 3.05) is 0 Å². The number of primary amides is 1. The monoisotopic (exact) mass is 348 g/mol. The summed E-state index contributed by atoms with van der Waals surface area (Å²) < 4.78 is 43.8. The standard InChI is InChI=1S/C18H15F3N2O2/c1-4-17(2,3)13-8-9-23-16(14(13)15(22)24)25-12-7-5-6-11(10-12)18(19,20)21/h1,5-10H,2-3H3,(H2,22,24). The molecule has 0 radical (unpaired) electrons. The van der Waals surface area contributed by atoms with Crippen LogP contribution in [0.15, 0.2) is 36.5 Å². The second kappa shape index (κ2) is 6.48. The van der Waals surface area contributed by atoms with Crippen molar-refractivity contribution in [2.24, 2.45) is 5.73 Å². The molecule has 130 valence electrons. The van der Waals surface area contributed by atoms with Crippen molar-refractivity contribution in [3.8, 4) is 24.0 Å². The van der Waals surface area contributed by atoms with E-state index in [1.54, 1.807) is 13.8 Å². The van der Waals surface area contributed by atoms with Gasteiger partial charge in [0.15, 0.2) is 0 Å². The van der Waals surface area contributed by atoms with E-state index in [0.717, 1.165) is 12.1 Å². The molecule has 1 heterocycles. The Hall–Kier alpha value is -3.01. The van der Waals surface area contributed by atoms with Crippen LogP contribution in [0.1, 0.15) is 35.3 Å². The second-order valence-electron chi connectivity index (χ2n) is 5.80. The summed E-state index contributed by atoms with van der Waals surface area (Å²) in [7, 11) is 0. The van der Waals surface area contributed by atoms with Crippen LogP contribution in [0.3, 0.4) is 0 Å². The van der Waals surface area contributed by atoms with Crippen LogP contribution in [0.2, 0.25) is 0 Å². The lowest BCUT2D eigenvalue weighted by Crippen LogP contribution is -2.23. The average Bonchev–Trinajstić information content (AvgIpc) is 2.54. The van der Waals surface area contributed by atoms with Crippen molar-refractivity contribution in [3.63, 3.8) is 0 Å². The number of nitrogens with two attached hydrogens (primary N) is 1. The van der Waals surface area contributed by atoms with Crippen molar-refractivity contribution in [3.05, 3.63) is 53.2 Å². The molecule has 1 aromatic carbocycles. The first-order chi connectivity index (χ1) is 11.6. The Balaban J connectivity index is 2.53. The van der Waals surface area contributed by atoms with Crippen LogP contribution in [0.4, 0.5) is 13.2 Å². The zero-order valence-electron chi connectivity index (χ0n) is 13.5. The van der Waals surface area contributed by atoms with Gasteiger partial charge < -0.3 is 10.5 Å². The van der Waals surface area contributed by atoms with E-state index in [0.29, 0.717) is 5.56 Å². The summed E-state index contributed by atoms with van der Waals surface area (Å²) >= 11 is 0. The Labute approximate surface area is 142 Å². The van der Waals surface area contributed by atoms with Gasteiger partial charge in [-0.15, -0.1) is 6.42 Å². The highest BCUT2D eigenvalue weighted by Crippen LogP contribution is 2.35. The third-order valence-electron chi connectivity index (χ3n) is 3.57. The van der Waals surface area contributed by atoms with E-state index in [4.69, 9.17) is 16.9 Å². The van der Waals surface area contributed by atoms with Crippen molar-refractivity contribution in [2.45, 2.75) is 25.4 Å². The van der Waals surface area contributed by atoms with E-state index in [2.05, 4.69) is 10.9 Å². The van der Waals surface area contributed by atoms with Gasteiger partial charge in [-0.05, 0) is 43.7 Å².